The van der Waals surface area contributed by atoms with Crippen LogP contribution in [0, 0.1) is 0 Å². The molecule has 0 saturated carbocycles. The average molecular weight is 637 g/mol. The fraction of sp³-hybridized carbons (Fsp3) is 0.258. The molecule has 1 aliphatic heterocycles. The molecule has 236 valence electrons. The third-order valence-electron chi connectivity index (χ3n) is 5.78. The van der Waals surface area contributed by atoms with Gasteiger partial charge in [0.05, 0.1) is 18.7 Å². The molecule has 1 aliphatic rings. The predicted molar refractivity (Wildman–Crippen MR) is 186 cm³/mol. The normalized spacial score (nSPS) is 12.0. The second-order valence-corrected chi connectivity index (χ2v) is 11.6. The van der Waals surface area contributed by atoms with Crippen molar-refractivity contribution in [2.75, 3.05) is 24.6 Å². The number of nitrogens with zero attached hydrogens (tertiary/aromatic N) is 4. The Morgan fingerprint density at radius 3 is 2.11 bits per heavy atom. The van der Waals surface area contributed by atoms with Gasteiger partial charge in [0.1, 0.15) is 5.76 Å². The van der Waals surface area contributed by atoms with E-state index in [0.29, 0.717) is 13.0 Å². The van der Waals surface area contributed by atoms with Crippen LogP contribution in [0.3, 0.4) is 0 Å². The number of nitrogen functional groups attached to an aromatic ring is 2. The summed E-state index contributed by atoms with van der Waals surface area (Å²) in [6.07, 6.45) is 16.3. The van der Waals surface area contributed by atoms with Crippen LogP contribution in [0.1, 0.15) is 25.0 Å². The minimum absolute atomic E-state index is 0.000370. The lowest BCUT2D eigenvalue weighted by Gasteiger charge is -2.06. The van der Waals surface area contributed by atoms with Gasteiger partial charge in [-0.3, -0.25) is 4.99 Å². The van der Waals surface area contributed by atoms with Gasteiger partial charge in [-0.25, -0.2) is 9.97 Å². The Labute approximate surface area is 267 Å². The number of imidazole rings is 2. The van der Waals surface area contributed by atoms with Crippen LogP contribution in [-0.2, 0) is 13.0 Å². The topological polar surface area (TPSA) is 209 Å². The first-order chi connectivity index (χ1) is 21.3. The maximum atomic E-state index is 8.87. The largest absolute Gasteiger partial charge is 0.511 e. The quantitative estimate of drug-likeness (QED) is 0.0670. The molecule has 0 saturated heterocycles. The second-order valence-electron chi connectivity index (χ2n) is 9.35. The molecule has 0 aliphatic carbocycles. The fourth-order valence-corrected chi connectivity index (χ4v) is 5.60. The molecule has 2 aromatic carbocycles. The number of aliphatic hydroxyl groups excluding tert-OH is 1. The molecule has 0 amide bonds. The van der Waals surface area contributed by atoms with Crippen LogP contribution in [0.15, 0.2) is 119 Å². The summed E-state index contributed by atoms with van der Waals surface area (Å²) in [5, 5.41) is 8.87. The van der Waals surface area contributed by atoms with Crippen LogP contribution in [0.4, 0.5) is 11.4 Å². The molecular weight excluding hydrogens is 593 g/mol. The number of aryl methyl sites for hydroxylation is 1. The van der Waals surface area contributed by atoms with E-state index in [4.69, 9.17) is 33.8 Å². The second kappa shape index (κ2) is 21.6. The van der Waals surface area contributed by atoms with Crippen molar-refractivity contribution >= 4 is 39.2 Å². The number of nitrogens with one attached hydrogen (secondary N) is 1. The van der Waals surface area contributed by atoms with Gasteiger partial charge in [0.2, 0.25) is 0 Å². The zero-order chi connectivity index (χ0) is 32.0. The Morgan fingerprint density at radius 1 is 1.00 bits per heavy atom. The first kappa shape index (κ1) is 36.2. The molecule has 11 nitrogen and oxygen atoms in total. The summed E-state index contributed by atoms with van der Waals surface area (Å²) in [5.41, 5.74) is 31.5. The van der Waals surface area contributed by atoms with Gasteiger partial charge in [-0.1, -0.05) is 58.5 Å². The van der Waals surface area contributed by atoms with Gasteiger partial charge < -0.3 is 43.3 Å². The van der Waals surface area contributed by atoms with E-state index in [1.165, 1.54) is 0 Å². The maximum Gasteiger partial charge on any atom is 0.102 e. The number of benzene rings is 2. The number of para-hydroxylation sites is 2. The molecule has 0 bridgehead atoms. The highest BCUT2D eigenvalue weighted by molar-refractivity contribution is 8.76. The van der Waals surface area contributed by atoms with E-state index in [2.05, 4.69) is 32.6 Å². The molecular formula is C31H44N10OS2. The molecule has 0 spiro atoms. The highest BCUT2D eigenvalue weighted by atomic mass is 33.1. The van der Waals surface area contributed by atoms with Crippen LogP contribution in [0.2, 0.25) is 0 Å². The Kier molecular flexibility index (Phi) is 17.8. The monoisotopic (exact) mass is 636 g/mol. The van der Waals surface area contributed by atoms with E-state index in [1.807, 2.05) is 65.5 Å². The Morgan fingerprint density at radius 2 is 1.66 bits per heavy atom. The van der Waals surface area contributed by atoms with Crippen molar-refractivity contribution in [2.45, 2.75) is 48.1 Å². The first-order valence-electron chi connectivity index (χ1n) is 14.1. The van der Waals surface area contributed by atoms with Gasteiger partial charge in [-0.05, 0) is 43.8 Å². The number of aromatic nitrogens is 4. The molecule has 2 aromatic heterocycles. The van der Waals surface area contributed by atoms with Gasteiger partial charge >= 0.3 is 0 Å². The number of allylic oxidation sites excluding steroid dienone is 1. The zero-order valence-corrected chi connectivity index (χ0v) is 26.5. The van der Waals surface area contributed by atoms with Crippen LogP contribution >= 0.6 is 21.6 Å². The highest BCUT2D eigenvalue weighted by Crippen LogP contribution is 2.41. The number of hydrogen-bond donors (Lipinski definition) is 7. The van der Waals surface area contributed by atoms with Crippen molar-refractivity contribution in [1.82, 2.24) is 19.5 Å². The standard InChI is InChI=1S/C12H12N2S2.C7H11N3O.C6H11N3.C6H10N2/c13-9-5-1-3-7-11(9)15-16-12-8-4-2-6-10(12)14;1-5(11)7(8)2-6-3-9-4-10-6;7-2-1-4-9-5-3-8-6-9;7-4-3-6-2-1-5-8-6/h1-8H,13-14H2;3-4,7,11H,1-2,8H2,(H,9,10);3,5-6H,1-2,4,7H2;2,5H,1,3-4,7H2/t;7-;;/m.1../s1. The smallest absolute Gasteiger partial charge is 0.102 e. The summed E-state index contributed by atoms with van der Waals surface area (Å²) in [7, 11) is 3.25. The molecule has 0 radical (unpaired) electrons. The summed E-state index contributed by atoms with van der Waals surface area (Å²) in [5.74, 6) is -0.000370. The van der Waals surface area contributed by atoms with E-state index in [0.717, 1.165) is 64.9 Å². The Balaban J connectivity index is 0.000000213. The Bertz CT molecular complexity index is 1350. The van der Waals surface area contributed by atoms with Gasteiger partial charge in [0.25, 0.3) is 0 Å². The number of anilines is 2. The molecule has 12 N–H and O–H groups in total. The fourth-order valence-electron chi connectivity index (χ4n) is 3.37. The van der Waals surface area contributed by atoms with Crippen molar-refractivity contribution in [3.63, 3.8) is 0 Å². The SMILES string of the molecule is C=C(O)[C@H](N)Cc1cnc[nH]1.NCCC1=CCC=N1.NCCCn1ccnc1.Nc1ccccc1SSc1ccccc1N. The Hall–Kier alpha value is -4.01. The number of hydrogen-bond acceptors (Lipinski definition) is 11. The number of aromatic amines is 1. The number of nitrogens with two attached hydrogens (primary N) is 5. The van der Waals surface area contributed by atoms with Crippen molar-refractivity contribution < 1.29 is 5.11 Å². The zero-order valence-electron chi connectivity index (χ0n) is 24.8. The molecule has 0 fully saturated rings. The van der Waals surface area contributed by atoms with Crippen molar-refractivity contribution in [2.24, 2.45) is 22.2 Å². The average Bonchev–Trinajstić information content (AvgIpc) is 3.83. The van der Waals surface area contributed by atoms with Crippen LogP contribution in [-0.4, -0.2) is 50.0 Å². The third kappa shape index (κ3) is 14.9. The summed E-state index contributed by atoms with van der Waals surface area (Å²) in [6, 6.07) is 15.2. The third-order valence-corrected chi connectivity index (χ3v) is 8.29. The van der Waals surface area contributed by atoms with Crippen molar-refractivity contribution in [3.05, 3.63) is 110 Å². The van der Waals surface area contributed by atoms with E-state index >= 15 is 0 Å². The van der Waals surface area contributed by atoms with Gasteiger partial charge in [-0.15, -0.1) is 0 Å². The molecule has 4 aromatic rings. The van der Waals surface area contributed by atoms with Gasteiger partial charge in [0, 0.05) is 83.2 Å². The van der Waals surface area contributed by atoms with Gasteiger partial charge in [0.15, 0.2) is 0 Å². The van der Waals surface area contributed by atoms with E-state index in [-0.39, 0.29) is 5.76 Å². The lowest BCUT2D eigenvalue weighted by atomic mass is 10.1. The van der Waals surface area contributed by atoms with Crippen molar-refractivity contribution in [1.29, 1.82) is 0 Å². The summed E-state index contributed by atoms with van der Waals surface area (Å²) in [4.78, 5) is 16.8. The summed E-state index contributed by atoms with van der Waals surface area (Å²) < 4.78 is 2.02. The molecule has 1 atom stereocenters. The van der Waals surface area contributed by atoms with Crippen molar-refractivity contribution in [3.8, 4) is 0 Å². The van der Waals surface area contributed by atoms with Crippen LogP contribution in [0.25, 0.3) is 0 Å². The number of aliphatic imine (C=N–C) groups is 1. The highest BCUT2D eigenvalue weighted by Gasteiger charge is 2.06. The predicted octanol–water partition coefficient (Wildman–Crippen LogP) is 4.93. The molecule has 5 rings (SSSR count). The lowest BCUT2D eigenvalue weighted by Crippen LogP contribution is -2.24. The molecule has 13 heteroatoms. The van der Waals surface area contributed by atoms with E-state index < -0.39 is 6.04 Å². The van der Waals surface area contributed by atoms with Crippen LogP contribution < -0.4 is 28.7 Å². The lowest BCUT2D eigenvalue weighted by molar-refractivity contribution is 0.368. The van der Waals surface area contributed by atoms with Crippen LogP contribution in [0.5, 0.6) is 0 Å². The number of H-pyrrole nitrogens is 1. The summed E-state index contributed by atoms with van der Waals surface area (Å²) >= 11 is 0. The number of aliphatic hydroxyl groups is 1. The minimum Gasteiger partial charge on any atom is -0.511 e. The molecule has 3 heterocycles. The van der Waals surface area contributed by atoms with E-state index in [9.17, 15) is 0 Å². The summed E-state index contributed by atoms with van der Waals surface area (Å²) in [6.45, 7) is 5.77. The number of rotatable bonds is 11. The van der Waals surface area contributed by atoms with Gasteiger partial charge in [-0.2, -0.15) is 0 Å². The molecule has 0 unspecified atom stereocenters. The molecule has 44 heavy (non-hydrogen) atoms. The minimum atomic E-state index is -0.407. The van der Waals surface area contributed by atoms with E-state index in [1.54, 1.807) is 46.6 Å². The maximum absolute atomic E-state index is 8.87. The first-order valence-corrected chi connectivity index (χ1v) is 16.2.